The molecule has 35 heavy (non-hydrogen) atoms. The van der Waals surface area contributed by atoms with Crippen molar-refractivity contribution < 1.29 is 28.3 Å². The Morgan fingerprint density at radius 1 is 1.06 bits per heavy atom. The maximum absolute atomic E-state index is 12.7. The quantitative estimate of drug-likeness (QED) is 0.210. The summed E-state index contributed by atoms with van der Waals surface area (Å²) in [5.41, 5.74) is 2.94. The zero-order valence-corrected chi connectivity index (χ0v) is 20.1. The molecule has 10 nitrogen and oxygen atoms in total. The van der Waals surface area contributed by atoms with Gasteiger partial charge in [0.1, 0.15) is 11.5 Å². The number of non-ortho nitro benzene ring substituents is 1. The summed E-state index contributed by atoms with van der Waals surface area (Å²) in [4.78, 5) is 23.2. The molecule has 0 fully saturated rings. The van der Waals surface area contributed by atoms with Gasteiger partial charge in [0.25, 0.3) is 11.6 Å². The zero-order chi connectivity index (χ0) is 25.4. The lowest BCUT2D eigenvalue weighted by atomic mass is 10.1. The summed E-state index contributed by atoms with van der Waals surface area (Å²) in [6.07, 6.45) is 1.30. The lowest BCUT2D eigenvalue weighted by Gasteiger charge is -2.16. The largest absolute Gasteiger partial charge is 0.490 e. The Balaban J connectivity index is 1.77. The maximum atomic E-state index is 12.7. The molecule has 0 aliphatic carbocycles. The number of halogens is 1. The van der Waals surface area contributed by atoms with E-state index in [1.165, 1.54) is 24.4 Å². The molecule has 3 rings (SSSR count). The van der Waals surface area contributed by atoms with E-state index in [4.69, 9.17) is 30.2 Å². The van der Waals surface area contributed by atoms with Crippen LogP contribution in [0.15, 0.2) is 52.0 Å². The van der Waals surface area contributed by atoms with Gasteiger partial charge in [0.05, 0.1) is 36.0 Å². The van der Waals surface area contributed by atoms with Crippen LogP contribution in [0.2, 0.25) is 5.02 Å². The monoisotopic (exact) mass is 501 g/mol. The fraction of sp³-hybridized carbons (Fsp3) is 0.250. The number of hydrogen-bond acceptors (Lipinski definition) is 8. The normalized spacial score (nSPS) is 10.9. The lowest BCUT2D eigenvalue weighted by molar-refractivity contribution is -0.384. The van der Waals surface area contributed by atoms with Crippen molar-refractivity contribution in [3.8, 4) is 28.6 Å². The van der Waals surface area contributed by atoms with Gasteiger partial charge in [-0.25, -0.2) is 5.43 Å². The van der Waals surface area contributed by atoms with Crippen LogP contribution in [0.4, 0.5) is 5.69 Å². The summed E-state index contributed by atoms with van der Waals surface area (Å²) in [5, 5.41) is 15.3. The van der Waals surface area contributed by atoms with Gasteiger partial charge in [-0.3, -0.25) is 14.9 Å². The van der Waals surface area contributed by atoms with Gasteiger partial charge in [-0.1, -0.05) is 11.6 Å². The average molecular weight is 502 g/mol. The van der Waals surface area contributed by atoms with Crippen LogP contribution >= 0.6 is 11.6 Å². The number of carbonyl (C=O) groups is 1. The van der Waals surface area contributed by atoms with Crippen LogP contribution in [0.5, 0.6) is 17.2 Å². The van der Waals surface area contributed by atoms with Gasteiger partial charge in [-0.2, -0.15) is 5.10 Å². The highest BCUT2D eigenvalue weighted by Gasteiger charge is 2.18. The standard InChI is InChI=1S/C24H24ClN3O7/c1-4-32-21-11-15(12-22(33-5-2)23(21)34-6-3)24(29)27-26-14-17-8-10-20(35-17)18-13-16(28(30)31)7-9-19(18)25/h7-14H,4-6H2,1-3H3,(H,27,29). The summed E-state index contributed by atoms with van der Waals surface area (Å²) >= 11 is 6.16. The number of furan rings is 1. The van der Waals surface area contributed by atoms with Crippen molar-refractivity contribution in [2.45, 2.75) is 20.8 Å². The van der Waals surface area contributed by atoms with Crippen LogP contribution in [0.1, 0.15) is 36.9 Å². The SMILES string of the molecule is CCOc1cc(C(=O)NN=Cc2ccc(-c3cc([N+](=O)[O-])ccc3Cl)o2)cc(OCC)c1OCC. The molecule has 0 radical (unpaired) electrons. The van der Waals surface area contributed by atoms with Gasteiger partial charge in [-0.05, 0) is 51.1 Å². The van der Waals surface area contributed by atoms with E-state index in [1.54, 1.807) is 24.3 Å². The highest BCUT2D eigenvalue weighted by atomic mass is 35.5. The summed E-state index contributed by atoms with van der Waals surface area (Å²) < 4.78 is 22.6. The third-order valence-corrected chi connectivity index (χ3v) is 4.91. The molecule has 0 aliphatic heterocycles. The minimum atomic E-state index is -0.518. The predicted octanol–water partition coefficient (Wildman–Crippen LogP) is 5.47. The van der Waals surface area contributed by atoms with Crippen LogP contribution < -0.4 is 19.6 Å². The highest BCUT2D eigenvalue weighted by molar-refractivity contribution is 6.33. The van der Waals surface area contributed by atoms with Crippen molar-refractivity contribution in [2.75, 3.05) is 19.8 Å². The molecule has 1 amide bonds. The van der Waals surface area contributed by atoms with Crippen LogP contribution in [0.25, 0.3) is 11.3 Å². The van der Waals surface area contributed by atoms with Gasteiger partial charge < -0.3 is 18.6 Å². The van der Waals surface area contributed by atoms with Gasteiger partial charge in [0, 0.05) is 23.3 Å². The molecule has 0 bridgehead atoms. The number of amides is 1. The molecular weight excluding hydrogens is 478 g/mol. The van der Waals surface area contributed by atoms with E-state index < -0.39 is 10.8 Å². The molecular formula is C24H24ClN3O7. The smallest absolute Gasteiger partial charge is 0.271 e. The van der Waals surface area contributed by atoms with Crippen LogP contribution in [0.3, 0.4) is 0 Å². The second kappa shape index (κ2) is 11.9. The second-order valence-corrected chi connectivity index (χ2v) is 7.33. The molecule has 1 aromatic heterocycles. The Labute approximate surface area is 206 Å². The Morgan fingerprint density at radius 3 is 2.31 bits per heavy atom. The Kier molecular flexibility index (Phi) is 8.69. The van der Waals surface area contributed by atoms with Gasteiger partial charge in [0.15, 0.2) is 11.5 Å². The number of nitrogens with zero attached hydrogens (tertiary/aromatic N) is 2. The lowest BCUT2D eigenvalue weighted by Crippen LogP contribution is -2.18. The molecule has 3 aromatic rings. The van der Waals surface area contributed by atoms with Crippen LogP contribution in [-0.2, 0) is 0 Å². The molecule has 184 valence electrons. The minimum absolute atomic E-state index is 0.114. The van der Waals surface area contributed by atoms with E-state index in [1.807, 2.05) is 20.8 Å². The number of nitro groups is 1. The Bertz CT molecular complexity index is 1210. The maximum Gasteiger partial charge on any atom is 0.271 e. The van der Waals surface area contributed by atoms with Crippen molar-refractivity contribution in [2.24, 2.45) is 5.10 Å². The van der Waals surface area contributed by atoms with Crippen molar-refractivity contribution >= 4 is 29.4 Å². The minimum Gasteiger partial charge on any atom is -0.490 e. The molecule has 0 spiro atoms. The number of rotatable bonds is 11. The number of carbonyl (C=O) groups excluding carboxylic acids is 1. The fourth-order valence-corrected chi connectivity index (χ4v) is 3.33. The van der Waals surface area contributed by atoms with E-state index in [-0.39, 0.29) is 11.3 Å². The topological polar surface area (TPSA) is 125 Å². The molecule has 0 unspecified atom stereocenters. The first-order chi connectivity index (χ1) is 16.9. The summed E-state index contributed by atoms with van der Waals surface area (Å²) in [7, 11) is 0. The van der Waals surface area contributed by atoms with E-state index >= 15 is 0 Å². The Morgan fingerprint density at radius 2 is 1.71 bits per heavy atom. The van der Waals surface area contributed by atoms with Gasteiger partial charge in [-0.15, -0.1) is 0 Å². The van der Waals surface area contributed by atoms with Crippen LogP contribution in [0, 0.1) is 10.1 Å². The van der Waals surface area contributed by atoms with Crippen LogP contribution in [-0.4, -0.2) is 36.9 Å². The fourth-order valence-electron chi connectivity index (χ4n) is 3.12. The second-order valence-electron chi connectivity index (χ2n) is 6.92. The third-order valence-electron chi connectivity index (χ3n) is 4.58. The van der Waals surface area contributed by atoms with E-state index in [9.17, 15) is 14.9 Å². The molecule has 0 atom stereocenters. The predicted molar refractivity (Wildman–Crippen MR) is 131 cm³/mol. The summed E-state index contributed by atoms with van der Waals surface area (Å²) in [6.45, 7) is 6.65. The number of nitrogens with one attached hydrogen (secondary N) is 1. The average Bonchev–Trinajstić information content (AvgIpc) is 3.30. The van der Waals surface area contributed by atoms with Gasteiger partial charge >= 0.3 is 0 Å². The number of ether oxygens (including phenoxy) is 3. The van der Waals surface area contributed by atoms with Crippen molar-refractivity contribution in [3.05, 3.63) is 68.9 Å². The molecule has 1 heterocycles. The summed E-state index contributed by atoms with van der Waals surface area (Å²) in [6, 6.07) is 10.4. The highest BCUT2D eigenvalue weighted by Crippen LogP contribution is 2.39. The molecule has 0 saturated carbocycles. The molecule has 2 aromatic carbocycles. The molecule has 0 aliphatic rings. The van der Waals surface area contributed by atoms with Gasteiger partial charge in [0.2, 0.25) is 5.75 Å². The van der Waals surface area contributed by atoms with E-state index in [2.05, 4.69) is 10.5 Å². The first kappa shape index (κ1) is 25.6. The van der Waals surface area contributed by atoms with Crippen molar-refractivity contribution in [1.82, 2.24) is 5.43 Å². The van der Waals surface area contributed by atoms with E-state index in [0.29, 0.717) is 59.2 Å². The number of nitro benzene ring substituents is 1. The third kappa shape index (κ3) is 6.30. The number of hydrogen-bond donors (Lipinski definition) is 1. The summed E-state index contributed by atoms with van der Waals surface area (Å²) in [5.74, 6) is 1.33. The molecule has 0 saturated heterocycles. The first-order valence-corrected chi connectivity index (χ1v) is 11.2. The molecule has 11 heteroatoms. The number of benzene rings is 2. The van der Waals surface area contributed by atoms with Crippen molar-refractivity contribution in [1.29, 1.82) is 0 Å². The first-order valence-electron chi connectivity index (χ1n) is 10.8. The Hall–Kier alpha value is -4.05. The number of hydrazone groups is 1. The zero-order valence-electron chi connectivity index (χ0n) is 19.4. The van der Waals surface area contributed by atoms with Crippen molar-refractivity contribution in [3.63, 3.8) is 0 Å². The van der Waals surface area contributed by atoms with E-state index in [0.717, 1.165) is 0 Å². The molecule has 1 N–H and O–H groups in total.